The van der Waals surface area contributed by atoms with E-state index in [4.69, 9.17) is 4.74 Å². The molecule has 0 saturated carbocycles. The van der Waals surface area contributed by atoms with Crippen molar-refractivity contribution >= 4 is 10.0 Å². The zero-order valence-corrected chi connectivity index (χ0v) is 11.3. The largest absolute Gasteiger partial charge is 0.494 e. The number of hydrogen-bond acceptors (Lipinski definition) is 4. The Morgan fingerprint density at radius 1 is 1.44 bits per heavy atom. The maximum Gasteiger partial charge on any atom is 0.243 e. The van der Waals surface area contributed by atoms with E-state index in [0.717, 1.165) is 5.56 Å². The third-order valence-corrected chi connectivity index (χ3v) is 4.74. The van der Waals surface area contributed by atoms with Gasteiger partial charge in [0.15, 0.2) is 0 Å². The first-order valence-electron chi connectivity index (χ1n) is 5.87. The van der Waals surface area contributed by atoms with Crippen LogP contribution in [0.2, 0.25) is 0 Å². The molecule has 0 amide bonds. The number of nitrogens with zero attached hydrogens (tertiary/aromatic N) is 1. The predicted octanol–water partition coefficient (Wildman–Crippen LogP) is 0.759. The molecular weight excluding hydrogens is 254 g/mol. The third-order valence-electron chi connectivity index (χ3n) is 2.91. The topological polar surface area (TPSA) is 66.8 Å². The van der Waals surface area contributed by atoms with Crippen molar-refractivity contribution in [3.8, 4) is 5.75 Å². The van der Waals surface area contributed by atoms with Crippen molar-refractivity contribution in [1.82, 2.24) is 4.31 Å². The first kappa shape index (κ1) is 13.3. The second kappa shape index (κ2) is 4.87. The Kier molecular flexibility index (Phi) is 3.61. The van der Waals surface area contributed by atoms with Crippen LogP contribution in [0.4, 0.5) is 0 Å². The fraction of sp³-hybridized carbons (Fsp3) is 0.500. The molecule has 0 radical (unpaired) electrons. The molecule has 0 unspecified atom stereocenters. The minimum Gasteiger partial charge on any atom is -0.494 e. The van der Waals surface area contributed by atoms with Crippen LogP contribution in [-0.2, 0) is 10.0 Å². The van der Waals surface area contributed by atoms with Crippen LogP contribution in [0, 0.1) is 6.92 Å². The maximum absolute atomic E-state index is 12.2. The summed E-state index contributed by atoms with van der Waals surface area (Å²) < 4.78 is 31.0. The number of β-amino-alcohol motifs (C(OH)–C–C–N with tert-alkyl or cyclic N) is 1. The van der Waals surface area contributed by atoms with Crippen molar-refractivity contribution < 1.29 is 18.3 Å². The smallest absolute Gasteiger partial charge is 0.243 e. The van der Waals surface area contributed by atoms with Gasteiger partial charge in [-0.2, -0.15) is 4.31 Å². The number of hydrogen-bond donors (Lipinski definition) is 1. The maximum atomic E-state index is 12.2. The summed E-state index contributed by atoms with van der Waals surface area (Å²) in [7, 11) is -3.47. The van der Waals surface area contributed by atoms with Gasteiger partial charge in [0, 0.05) is 13.1 Å². The van der Waals surface area contributed by atoms with Crippen molar-refractivity contribution in [2.24, 2.45) is 0 Å². The molecule has 1 N–H and O–H groups in total. The van der Waals surface area contributed by atoms with Crippen molar-refractivity contribution in [3.63, 3.8) is 0 Å². The summed E-state index contributed by atoms with van der Waals surface area (Å²) in [6.07, 6.45) is -0.538. The Balaban J connectivity index is 2.26. The van der Waals surface area contributed by atoms with Gasteiger partial charge in [-0.25, -0.2) is 8.42 Å². The highest BCUT2D eigenvalue weighted by molar-refractivity contribution is 7.89. The van der Waals surface area contributed by atoms with E-state index in [0.29, 0.717) is 12.4 Å². The summed E-state index contributed by atoms with van der Waals surface area (Å²) in [5.41, 5.74) is 0.791. The number of aliphatic hydroxyl groups excluding tert-OH is 1. The SMILES string of the molecule is CCOc1ccc(S(=O)(=O)N2CC(O)C2)cc1C. The molecule has 0 atom stereocenters. The number of sulfonamides is 1. The van der Waals surface area contributed by atoms with Gasteiger partial charge in [0.25, 0.3) is 0 Å². The van der Waals surface area contributed by atoms with Gasteiger partial charge in [-0.05, 0) is 37.6 Å². The van der Waals surface area contributed by atoms with Gasteiger partial charge in [-0.15, -0.1) is 0 Å². The molecule has 0 bridgehead atoms. The monoisotopic (exact) mass is 271 g/mol. The van der Waals surface area contributed by atoms with Gasteiger partial charge >= 0.3 is 0 Å². The van der Waals surface area contributed by atoms with Crippen LogP contribution in [0.25, 0.3) is 0 Å². The Labute approximate surface area is 107 Å². The Bertz CT molecular complexity index is 535. The summed E-state index contributed by atoms with van der Waals surface area (Å²) in [5, 5.41) is 9.17. The summed E-state index contributed by atoms with van der Waals surface area (Å²) in [6.45, 7) is 4.59. The molecule has 2 rings (SSSR count). The van der Waals surface area contributed by atoms with Crippen LogP contribution in [0.5, 0.6) is 5.75 Å². The molecule has 1 aromatic carbocycles. The molecule has 1 saturated heterocycles. The lowest BCUT2D eigenvalue weighted by molar-refractivity contribution is 0.0548. The van der Waals surface area contributed by atoms with E-state index in [1.807, 2.05) is 13.8 Å². The van der Waals surface area contributed by atoms with Crippen LogP contribution in [0.15, 0.2) is 23.1 Å². The molecule has 1 aromatic rings. The summed E-state index contributed by atoms with van der Waals surface area (Å²) in [6, 6.07) is 4.81. The van der Waals surface area contributed by atoms with Crippen molar-refractivity contribution in [2.45, 2.75) is 24.8 Å². The van der Waals surface area contributed by atoms with Crippen molar-refractivity contribution in [3.05, 3.63) is 23.8 Å². The van der Waals surface area contributed by atoms with Crippen LogP contribution in [0.1, 0.15) is 12.5 Å². The van der Waals surface area contributed by atoms with Gasteiger partial charge in [0.05, 0.1) is 17.6 Å². The number of aryl methyl sites for hydroxylation is 1. The highest BCUT2D eigenvalue weighted by Gasteiger charge is 2.35. The van der Waals surface area contributed by atoms with Gasteiger partial charge in [-0.1, -0.05) is 0 Å². The molecule has 6 heteroatoms. The van der Waals surface area contributed by atoms with Gasteiger partial charge in [0.2, 0.25) is 10.0 Å². The zero-order chi connectivity index (χ0) is 13.3. The quantitative estimate of drug-likeness (QED) is 0.878. The lowest BCUT2D eigenvalue weighted by atomic mass is 10.2. The molecule has 0 spiro atoms. The van der Waals surface area contributed by atoms with E-state index in [-0.39, 0.29) is 18.0 Å². The van der Waals surface area contributed by atoms with Crippen LogP contribution < -0.4 is 4.74 Å². The highest BCUT2D eigenvalue weighted by Crippen LogP contribution is 2.26. The minimum absolute atomic E-state index is 0.175. The summed E-state index contributed by atoms with van der Waals surface area (Å²) in [5.74, 6) is 0.695. The van der Waals surface area contributed by atoms with Crippen molar-refractivity contribution in [2.75, 3.05) is 19.7 Å². The lowest BCUT2D eigenvalue weighted by Gasteiger charge is -2.34. The number of rotatable bonds is 4. The van der Waals surface area contributed by atoms with Gasteiger partial charge < -0.3 is 9.84 Å². The Morgan fingerprint density at radius 2 is 2.11 bits per heavy atom. The first-order chi connectivity index (χ1) is 8.45. The fourth-order valence-corrected chi connectivity index (χ4v) is 3.46. The second-order valence-corrected chi connectivity index (χ2v) is 6.27. The predicted molar refractivity (Wildman–Crippen MR) is 67.1 cm³/mol. The van der Waals surface area contributed by atoms with Crippen LogP contribution in [-0.4, -0.2) is 43.6 Å². The minimum atomic E-state index is -3.47. The molecule has 0 aliphatic carbocycles. The molecule has 5 nitrogen and oxygen atoms in total. The standard InChI is InChI=1S/C12H17NO4S/c1-3-17-12-5-4-11(6-9(12)2)18(15,16)13-7-10(14)8-13/h4-6,10,14H,3,7-8H2,1-2H3. The summed E-state index contributed by atoms with van der Waals surface area (Å²) in [4.78, 5) is 0.246. The third kappa shape index (κ3) is 2.36. The Hall–Kier alpha value is -1.11. The first-order valence-corrected chi connectivity index (χ1v) is 7.31. The molecule has 1 heterocycles. The van der Waals surface area contributed by atoms with Crippen molar-refractivity contribution in [1.29, 1.82) is 0 Å². The normalized spacial score (nSPS) is 17.5. The van der Waals surface area contributed by atoms with Gasteiger partial charge in [0.1, 0.15) is 5.75 Å². The fourth-order valence-electron chi connectivity index (χ4n) is 1.86. The number of ether oxygens (including phenoxy) is 1. The van der Waals surface area contributed by atoms with E-state index < -0.39 is 16.1 Å². The molecule has 1 aliphatic rings. The van der Waals surface area contributed by atoms with Gasteiger partial charge in [-0.3, -0.25) is 0 Å². The molecule has 18 heavy (non-hydrogen) atoms. The second-order valence-electron chi connectivity index (χ2n) is 4.34. The zero-order valence-electron chi connectivity index (χ0n) is 10.5. The lowest BCUT2D eigenvalue weighted by Crippen LogP contribution is -2.53. The molecule has 1 fully saturated rings. The molecular formula is C12H17NO4S. The summed E-state index contributed by atoms with van der Waals surface area (Å²) >= 11 is 0. The van der Waals surface area contributed by atoms with E-state index in [2.05, 4.69) is 0 Å². The molecule has 0 aromatic heterocycles. The number of benzene rings is 1. The van der Waals surface area contributed by atoms with E-state index in [1.165, 1.54) is 10.4 Å². The average molecular weight is 271 g/mol. The average Bonchev–Trinajstić information content (AvgIpc) is 2.27. The van der Waals surface area contributed by atoms with E-state index in [1.54, 1.807) is 12.1 Å². The molecule has 100 valence electrons. The van der Waals surface area contributed by atoms with Crippen LogP contribution >= 0.6 is 0 Å². The Morgan fingerprint density at radius 3 is 2.61 bits per heavy atom. The van der Waals surface area contributed by atoms with Crippen LogP contribution in [0.3, 0.4) is 0 Å². The molecule has 1 aliphatic heterocycles. The highest BCUT2D eigenvalue weighted by atomic mass is 32.2. The van der Waals surface area contributed by atoms with E-state index in [9.17, 15) is 13.5 Å². The number of aliphatic hydroxyl groups is 1. The van der Waals surface area contributed by atoms with E-state index >= 15 is 0 Å².